The summed E-state index contributed by atoms with van der Waals surface area (Å²) >= 11 is 0. The van der Waals surface area contributed by atoms with Crippen LogP contribution in [-0.4, -0.2) is 43.8 Å². The second-order valence-corrected chi connectivity index (χ2v) is 2.32. The fourth-order valence-electron chi connectivity index (χ4n) is 0.913. The molecule has 0 radical (unpaired) electrons. The van der Waals surface area contributed by atoms with Crippen LogP contribution in [0.25, 0.3) is 0 Å². The molecule has 1 N–H and O–H groups in total. The van der Waals surface area contributed by atoms with Crippen molar-refractivity contribution in [3.05, 3.63) is 0 Å². The predicted molar refractivity (Wildman–Crippen MR) is 39.0 cm³/mol. The molecule has 4 nitrogen and oxygen atoms in total. The number of nitrogens with zero attached hydrogens (tertiary/aromatic N) is 2. The van der Waals surface area contributed by atoms with Crippen LogP contribution in [0.1, 0.15) is 0 Å². The number of carbonyl (C=O) groups is 1. The second-order valence-electron chi connectivity index (χ2n) is 2.32. The van der Waals surface area contributed by atoms with Crippen LogP contribution < -0.4 is 5.32 Å². The number of aliphatic imine (C=N–C) groups is 1. The quantitative estimate of drug-likeness (QED) is 0.540. The van der Waals surface area contributed by atoms with Gasteiger partial charge in [-0.2, -0.15) is 0 Å². The van der Waals surface area contributed by atoms with Crippen molar-refractivity contribution in [1.29, 1.82) is 0 Å². The van der Waals surface area contributed by atoms with E-state index < -0.39 is 0 Å². The van der Waals surface area contributed by atoms with Crippen molar-refractivity contribution in [2.24, 2.45) is 4.99 Å². The summed E-state index contributed by atoms with van der Waals surface area (Å²) in [6.07, 6.45) is 1.56. The van der Waals surface area contributed by atoms with Crippen LogP contribution in [0, 0.1) is 0 Å². The van der Waals surface area contributed by atoms with Crippen molar-refractivity contribution in [3.8, 4) is 0 Å². The summed E-state index contributed by atoms with van der Waals surface area (Å²) in [5.41, 5.74) is 0. The molecule has 1 aliphatic heterocycles. The molecule has 10 heavy (non-hydrogen) atoms. The lowest BCUT2D eigenvalue weighted by atomic mass is 10.3. The van der Waals surface area contributed by atoms with Crippen molar-refractivity contribution in [2.75, 3.05) is 20.6 Å². The molecule has 1 amide bonds. The van der Waals surface area contributed by atoms with Gasteiger partial charge in [0.05, 0.1) is 6.34 Å². The van der Waals surface area contributed by atoms with Crippen LogP contribution in [0.5, 0.6) is 0 Å². The van der Waals surface area contributed by atoms with Gasteiger partial charge in [-0.15, -0.1) is 0 Å². The van der Waals surface area contributed by atoms with E-state index in [1.807, 2.05) is 14.1 Å². The standard InChI is InChI=1S/C6H11N3O/c1-7-3-5-6(10)8-4-9(5)2/h4-5,7H,3H2,1-2H3. The van der Waals surface area contributed by atoms with Crippen LogP contribution in [0.15, 0.2) is 4.99 Å². The second kappa shape index (κ2) is 2.79. The van der Waals surface area contributed by atoms with Gasteiger partial charge in [0.1, 0.15) is 6.04 Å². The molecule has 0 fully saturated rings. The third-order valence-electron chi connectivity index (χ3n) is 1.54. The topological polar surface area (TPSA) is 44.7 Å². The maximum atomic E-state index is 10.9. The lowest BCUT2D eigenvalue weighted by Crippen LogP contribution is -2.38. The normalized spacial score (nSPS) is 24.4. The van der Waals surface area contributed by atoms with E-state index in [9.17, 15) is 4.79 Å². The zero-order valence-corrected chi connectivity index (χ0v) is 6.16. The van der Waals surface area contributed by atoms with E-state index in [0.717, 1.165) is 0 Å². The number of rotatable bonds is 2. The van der Waals surface area contributed by atoms with E-state index in [4.69, 9.17) is 0 Å². The molecule has 0 saturated carbocycles. The van der Waals surface area contributed by atoms with Gasteiger partial charge in [0, 0.05) is 13.6 Å². The van der Waals surface area contributed by atoms with Crippen LogP contribution >= 0.6 is 0 Å². The predicted octanol–water partition coefficient (Wildman–Crippen LogP) is -0.925. The first kappa shape index (κ1) is 7.21. The van der Waals surface area contributed by atoms with E-state index in [2.05, 4.69) is 10.3 Å². The van der Waals surface area contributed by atoms with Crippen molar-refractivity contribution in [2.45, 2.75) is 6.04 Å². The van der Waals surface area contributed by atoms with E-state index in [0.29, 0.717) is 6.54 Å². The molecule has 0 aromatic heterocycles. The Kier molecular flexibility index (Phi) is 2.01. The zero-order chi connectivity index (χ0) is 7.56. The average Bonchev–Trinajstić information content (AvgIpc) is 2.20. The number of likely N-dealkylation sites (N-methyl/N-ethyl adjacent to an activating group) is 2. The molecule has 1 unspecified atom stereocenters. The Labute approximate surface area is 59.9 Å². The molecule has 4 heteroatoms. The lowest BCUT2D eigenvalue weighted by molar-refractivity contribution is -0.119. The first-order chi connectivity index (χ1) is 4.75. The van der Waals surface area contributed by atoms with E-state index in [-0.39, 0.29) is 11.9 Å². The Morgan fingerprint density at radius 3 is 3.00 bits per heavy atom. The van der Waals surface area contributed by atoms with Gasteiger partial charge in [-0.3, -0.25) is 4.79 Å². The summed E-state index contributed by atoms with van der Waals surface area (Å²) in [5, 5.41) is 2.93. The molecule has 0 saturated heterocycles. The maximum absolute atomic E-state index is 10.9. The van der Waals surface area contributed by atoms with Gasteiger partial charge in [-0.1, -0.05) is 0 Å². The average molecular weight is 141 g/mol. The van der Waals surface area contributed by atoms with Crippen LogP contribution in [0.2, 0.25) is 0 Å². The molecule has 1 rings (SSSR count). The monoisotopic (exact) mass is 141 g/mol. The molecule has 0 aromatic carbocycles. The molecule has 0 spiro atoms. The SMILES string of the molecule is CNCC1C(=O)N=CN1C. The Hall–Kier alpha value is -0.900. The van der Waals surface area contributed by atoms with Gasteiger partial charge in [0.2, 0.25) is 0 Å². The number of nitrogens with one attached hydrogen (secondary N) is 1. The van der Waals surface area contributed by atoms with Gasteiger partial charge in [0.15, 0.2) is 0 Å². The molecule has 0 aromatic rings. The molecule has 1 heterocycles. The highest BCUT2D eigenvalue weighted by Crippen LogP contribution is 2.01. The summed E-state index contributed by atoms with van der Waals surface area (Å²) in [5.74, 6) is -0.0585. The summed E-state index contributed by atoms with van der Waals surface area (Å²) in [7, 11) is 3.66. The highest BCUT2D eigenvalue weighted by molar-refractivity contribution is 5.94. The summed E-state index contributed by atoms with van der Waals surface area (Å²) in [4.78, 5) is 16.3. The minimum absolute atomic E-state index is 0.0585. The van der Waals surface area contributed by atoms with Gasteiger partial charge >= 0.3 is 0 Å². The van der Waals surface area contributed by atoms with Gasteiger partial charge < -0.3 is 10.2 Å². The van der Waals surface area contributed by atoms with Gasteiger partial charge in [0.25, 0.3) is 5.91 Å². The Morgan fingerprint density at radius 2 is 2.60 bits per heavy atom. The minimum Gasteiger partial charge on any atom is -0.352 e. The smallest absolute Gasteiger partial charge is 0.271 e. The zero-order valence-electron chi connectivity index (χ0n) is 6.16. The molecular weight excluding hydrogens is 130 g/mol. The van der Waals surface area contributed by atoms with Crippen molar-refractivity contribution >= 4 is 12.2 Å². The minimum atomic E-state index is -0.0926. The highest BCUT2D eigenvalue weighted by Gasteiger charge is 2.24. The highest BCUT2D eigenvalue weighted by atomic mass is 16.2. The number of amides is 1. The fourth-order valence-corrected chi connectivity index (χ4v) is 0.913. The molecule has 1 aliphatic rings. The van der Waals surface area contributed by atoms with Crippen molar-refractivity contribution < 1.29 is 4.79 Å². The molecule has 56 valence electrons. The Morgan fingerprint density at radius 1 is 1.90 bits per heavy atom. The fraction of sp³-hybridized carbons (Fsp3) is 0.667. The summed E-state index contributed by atoms with van der Waals surface area (Å²) < 4.78 is 0. The Bertz CT molecular complexity index is 166. The largest absolute Gasteiger partial charge is 0.352 e. The summed E-state index contributed by atoms with van der Waals surface area (Å²) in [6, 6.07) is -0.0926. The third-order valence-corrected chi connectivity index (χ3v) is 1.54. The van der Waals surface area contributed by atoms with Gasteiger partial charge in [-0.25, -0.2) is 4.99 Å². The van der Waals surface area contributed by atoms with E-state index >= 15 is 0 Å². The molecule has 0 aliphatic carbocycles. The number of hydrogen-bond donors (Lipinski definition) is 1. The molecule has 1 atom stereocenters. The van der Waals surface area contributed by atoms with Crippen LogP contribution in [0.3, 0.4) is 0 Å². The number of carbonyl (C=O) groups excluding carboxylic acids is 1. The first-order valence-electron chi connectivity index (χ1n) is 3.20. The first-order valence-corrected chi connectivity index (χ1v) is 3.20. The maximum Gasteiger partial charge on any atom is 0.271 e. The summed E-state index contributed by atoms with van der Waals surface area (Å²) in [6.45, 7) is 0.662. The van der Waals surface area contributed by atoms with Crippen LogP contribution in [0.4, 0.5) is 0 Å². The molecular formula is C6H11N3O. The van der Waals surface area contributed by atoms with Crippen LogP contribution in [-0.2, 0) is 4.79 Å². The third kappa shape index (κ3) is 1.16. The van der Waals surface area contributed by atoms with Crippen molar-refractivity contribution in [1.82, 2.24) is 10.2 Å². The number of hydrogen-bond acceptors (Lipinski definition) is 3. The van der Waals surface area contributed by atoms with Gasteiger partial charge in [-0.05, 0) is 7.05 Å². The van der Waals surface area contributed by atoms with E-state index in [1.165, 1.54) is 0 Å². The van der Waals surface area contributed by atoms with Crippen molar-refractivity contribution in [3.63, 3.8) is 0 Å². The Balaban J connectivity index is 2.52. The molecule has 0 bridgehead atoms. The lowest BCUT2D eigenvalue weighted by Gasteiger charge is -2.15. The van der Waals surface area contributed by atoms with E-state index in [1.54, 1.807) is 11.2 Å².